The third-order valence-corrected chi connectivity index (χ3v) is 6.68. The van der Waals surface area contributed by atoms with Crippen LogP contribution in [0.15, 0.2) is 40.6 Å². The van der Waals surface area contributed by atoms with E-state index < -0.39 is 0 Å². The highest BCUT2D eigenvalue weighted by atomic mass is 16.5. The summed E-state index contributed by atoms with van der Waals surface area (Å²) in [6, 6.07) is 9.28. The first-order chi connectivity index (χ1) is 17.9. The van der Waals surface area contributed by atoms with Gasteiger partial charge in [0.2, 0.25) is 11.8 Å². The Hall–Kier alpha value is -3.63. The van der Waals surface area contributed by atoms with Crippen molar-refractivity contribution in [2.45, 2.75) is 58.7 Å². The quantitative estimate of drug-likeness (QED) is 0.257. The number of azo groups is 1. The average molecular weight is 507 g/mol. The summed E-state index contributed by atoms with van der Waals surface area (Å²) in [6.45, 7) is 6.23. The van der Waals surface area contributed by atoms with E-state index in [0.29, 0.717) is 44.8 Å². The second kappa shape index (κ2) is 12.1. The SMILES string of the molecule is Cc1cc(OCC(=O)NCCCCN)cc(C)c1N=Nc1cccc2c1CN(C1CCC(=O)NC1=O)C2. The molecule has 1 fully saturated rings. The first-order valence-electron chi connectivity index (χ1n) is 12.7. The summed E-state index contributed by atoms with van der Waals surface area (Å²) in [4.78, 5) is 37.9. The van der Waals surface area contributed by atoms with E-state index in [1.165, 1.54) is 0 Å². The van der Waals surface area contributed by atoms with Gasteiger partial charge < -0.3 is 15.8 Å². The molecular formula is C27H34N6O4. The number of unbranched alkanes of at least 4 members (excludes halogenated alkanes) is 1. The van der Waals surface area contributed by atoms with Gasteiger partial charge in [0.1, 0.15) is 5.75 Å². The van der Waals surface area contributed by atoms with Gasteiger partial charge in [0.15, 0.2) is 6.61 Å². The molecule has 0 aromatic heterocycles. The molecule has 0 aliphatic carbocycles. The van der Waals surface area contributed by atoms with E-state index in [1.54, 1.807) is 0 Å². The van der Waals surface area contributed by atoms with Crippen molar-refractivity contribution in [2.24, 2.45) is 16.0 Å². The Morgan fingerprint density at radius 1 is 1.16 bits per heavy atom. The molecular weight excluding hydrogens is 472 g/mol. The molecule has 0 saturated carbocycles. The fourth-order valence-corrected chi connectivity index (χ4v) is 4.73. The van der Waals surface area contributed by atoms with Crippen molar-refractivity contribution in [1.82, 2.24) is 15.5 Å². The zero-order valence-electron chi connectivity index (χ0n) is 21.4. The third kappa shape index (κ3) is 6.58. The van der Waals surface area contributed by atoms with Gasteiger partial charge in [-0.05, 0) is 80.1 Å². The highest BCUT2D eigenvalue weighted by Gasteiger charge is 2.35. The summed E-state index contributed by atoms with van der Waals surface area (Å²) in [6.07, 6.45) is 2.60. The van der Waals surface area contributed by atoms with Crippen LogP contribution in [0.25, 0.3) is 0 Å². The monoisotopic (exact) mass is 506 g/mol. The fraction of sp³-hybridized carbons (Fsp3) is 0.444. The lowest BCUT2D eigenvalue weighted by Crippen LogP contribution is -2.50. The molecule has 4 N–H and O–H groups in total. The Bertz CT molecular complexity index is 1190. The first-order valence-corrected chi connectivity index (χ1v) is 12.7. The van der Waals surface area contributed by atoms with E-state index in [9.17, 15) is 14.4 Å². The number of ether oxygens (including phenoxy) is 1. The lowest BCUT2D eigenvalue weighted by molar-refractivity contribution is -0.137. The molecule has 2 aliphatic heterocycles. The number of benzene rings is 2. The molecule has 37 heavy (non-hydrogen) atoms. The number of aryl methyl sites for hydroxylation is 2. The van der Waals surface area contributed by atoms with Crippen molar-refractivity contribution in [3.63, 3.8) is 0 Å². The molecule has 196 valence electrons. The van der Waals surface area contributed by atoms with Crippen molar-refractivity contribution in [3.8, 4) is 5.75 Å². The lowest BCUT2D eigenvalue weighted by Gasteiger charge is -2.29. The molecule has 10 heteroatoms. The van der Waals surface area contributed by atoms with Gasteiger partial charge >= 0.3 is 0 Å². The normalized spacial score (nSPS) is 17.6. The van der Waals surface area contributed by atoms with Crippen molar-refractivity contribution < 1.29 is 19.1 Å². The molecule has 0 spiro atoms. The largest absolute Gasteiger partial charge is 0.484 e. The number of carbonyl (C=O) groups excluding carboxylic acids is 3. The molecule has 2 heterocycles. The zero-order chi connectivity index (χ0) is 26.4. The van der Waals surface area contributed by atoms with Crippen molar-refractivity contribution >= 4 is 29.1 Å². The Morgan fingerprint density at radius 2 is 1.95 bits per heavy atom. The number of amides is 3. The Balaban J connectivity index is 1.40. The minimum Gasteiger partial charge on any atom is -0.484 e. The van der Waals surface area contributed by atoms with Crippen LogP contribution in [0, 0.1) is 13.8 Å². The van der Waals surface area contributed by atoms with E-state index >= 15 is 0 Å². The maximum atomic E-state index is 12.3. The molecule has 2 aromatic carbocycles. The topological polar surface area (TPSA) is 138 Å². The second-order valence-corrected chi connectivity index (χ2v) is 9.53. The third-order valence-electron chi connectivity index (χ3n) is 6.68. The summed E-state index contributed by atoms with van der Waals surface area (Å²) in [5.74, 6) is -0.00649. The molecule has 3 amide bonds. The Morgan fingerprint density at radius 3 is 2.68 bits per heavy atom. The molecule has 1 unspecified atom stereocenters. The molecule has 1 saturated heterocycles. The van der Waals surface area contributed by atoms with Crippen LogP contribution in [0.2, 0.25) is 0 Å². The maximum absolute atomic E-state index is 12.3. The number of piperidine rings is 1. The Labute approximate surface area is 216 Å². The van der Waals surface area contributed by atoms with Crippen molar-refractivity contribution in [3.05, 3.63) is 52.6 Å². The summed E-state index contributed by atoms with van der Waals surface area (Å²) < 4.78 is 5.68. The number of nitrogens with two attached hydrogens (primary N) is 1. The standard InChI is InChI=1S/C27H34N6O4/c1-17-12-20(37-16-25(35)29-11-4-3-10-28)13-18(2)26(17)32-31-22-7-5-6-19-14-33(15-21(19)22)23-8-9-24(34)30-27(23)36/h5-7,12-13,23H,3-4,8-11,14-16,28H2,1-2H3,(H,29,35)(H,30,34,36). The molecule has 0 radical (unpaired) electrons. The van der Waals surface area contributed by atoms with Crippen LogP contribution in [0.5, 0.6) is 5.75 Å². The van der Waals surface area contributed by atoms with E-state index in [4.69, 9.17) is 10.5 Å². The summed E-state index contributed by atoms with van der Waals surface area (Å²) in [7, 11) is 0. The van der Waals surface area contributed by atoms with Crippen LogP contribution < -0.4 is 21.1 Å². The fourth-order valence-electron chi connectivity index (χ4n) is 4.73. The number of rotatable bonds is 10. The van der Waals surface area contributed by atoms with Crippen LogP contribution >= 0.6 is 0 Å². The molecule has 4 rings (SSSR count). The van der Waals surface area contributed by atoms with Crippen LogP contribution in [0.4, 0.5) is 11.4 Å². The van der Waals surface area contributed by atoms with E-state index in [-0.39, 0.29) is 30.4 Å². The van der Waals surface area contributed by atoms with Crippen molar-refractivity contribution in [2.75, 3.05) is 19.7 Å². The predicted molar refractivity (Wildman–Crippen MR) is 139 cm³/mol. The number of hydrogen-bond donors (Lipinski definition) is 3. The second-order valence-electron chi connectivity index (χ2n) is 9.53. The number of hydrogen-bond acceptors (Lipinski definition) is 8. The zero-order valence-corrected chi connectivity index (χ0v) is 21.4. The maximum Gasteiger partial charge on any atom is 0.257 e. The van der Waals surface area contributed by atoms with Gasteiger partial charge in [-0.25, -0.2) is 0 Å². The molecule has 2 aromatic rings. The van der Waals surface area contributed by atoms with Gasteiger partial charge in [-0.3, -0.25) is 24.6 Å². The summed E-state index contributed by atoms with van der Waals surface area (Å²) in [5, 5.41) is 14.4. The minimum atomic E-state index is -0.319. The molecule has 10 nitrogen and oxygen atoms in total. The van der Waals surface area contributed by atoms with E-state index in [0.717, 1.165) is 46.5 Å². The van der Waals surface area contributed by atoms with E-state index in [1.807, 2.05) is 44.2 Å². The van der Waals surface area contributed by atoms with Gasteiger partial charge in [-0.15, -0.1) is 5.11 Å². The highest BCUT2D eigenvalue weighted by Crippen LogP contribution is 2.36. The molecule has 1 atom stereocenters. The Kier molecular flexibility index (Phi) is 8.62. The number of nitrogens with one attached hydrogen (secondary N) is 2. The van der Waals surface area contributed by atoms with Gasteiger partial charge in [-0.2, -0.15) is 5.11 Å². The average Bonchev–Trinajstić information content (AvgIpc) is 3.29. The first kappa shape index (κ1) is 26.4. The van der Waals surface area contributed by atoms with E-state index in [2.05, 4.69) is 25.8 Å². The van der Waals surface area contributed by atoms with Crippen LogP contribution in [0.3, 0.4) is 0 Å². The van der Waals surface area contributed by atoms with Crippen molar-refractivity contribution in [1.29, 1.82) is 0 Å². The molecule has 0 bridgehead atoms. The minimum absolute atomic E-state index is 0.0534. The number of imide groups is 1. The van der Waals surface area contributed by atoms with Crippen LogP contribution in [0.1, 0.15) is 47.9 Å². The lowest BCUT2D eigenvalue weighted by atomic mass is 10.0. The smallest absolute Gasteiger partial charge is 0.257 e. The predicted octanol–water partition coefficient (Wildman–Crippen LogP) is 3.07. The van der Waals surface area contributed by atoms with Gasteiger partial charge in [0.25, 0.3) is 5.91 Å². The number of nitrogens with zero attached hydrogens (tertiary/aromatic N) is 3. The highest BCUT2D eigenvalue weighted by molar-refractivity contribution is 6.00. The van der Waals surface area contributed by atoms with Gasteiger partial charge in [0.05, 0.1) is 17.4 Å². The van der Waals surface area contributed by atoms with Crippen LogP contribution in [-0.2, 0) is 27.5 Å². The van der Waals surface area contributed by atoms with Gasteiger partial charge in [-0.1, -0.05) is 12.1 Å². The number of fused-ring (bicyclic) bond motifs is 1. The number of carbonyl (C=O) groups is 3. The molecule has 2 aliphatic rings. The summed E-state index contributed by atoms with van der Waals surface area (Å²) >= 11 is 0. The van der Waals surface area contributed by atoms with Gasteiger partial charge in [0, 0.05) is 26.1 Å². The van der Waals surface area contributed by atoms with Crippen LogP contribution in [-0.4, -0.2) is 48.4 Å². The summed E-state index contributed by atoms with van der Waals surface area (Å²) in [5.41, 5.74) is 10.9.